The molecule has 0 bridgehead atoms. The van der Waals surface area contributed by atoms with Crippen molar-refractivity contribution < 1.29 is 23.8 Å². The Labute approximate surface area is 152 Å². The minimum atomic E-state index is -0.460. The van der Waals surface area contributed by atoms with E-state index in [1.807, 2.05) is 31.2 Å². The molecule has 0 atom stereocenters. The van der Waals surface area contributed by atoms with Crippen LogP contribution in [0.5, 0.6) is 11.5 Å². The number of amides is 2. The second-order valence-corrected chi connectivity index (χ2v) is 5.21. The van der Waals surface area contributed by atoms with Gasteiger partial charge in [-0.05, 0) is 49.4 Å². The van der Waals surface area contributed by atoms with E-state index in [4.69, 9.17) is 9.47 Å². The lowest BCUT2D eigenvalue weighted by Gasteiger charge is -2.10. The lowest BCUT2D eigenvalue weighted by Crippen LogP contribution is -2.32. The number of carbonyl (C=O) groups excluding carboxylic acids is 2. The van der Waals surface area contributed by atoms with Crippen LogP contribution < -0.4 is 20.1 Å². The monoisotopic (exact) mass is 358 g/mol. The summed E-state index contributed by atoms with van der Waals surface area (Å²) < 4.78 is 15.5. The Balaban J connectivity index is 1.72. The van der Waals surface area contributed by atoms with Gasteiger partial charge in [0.1, 0.15) is 18.1 Å². The molecule has 0 saturated heterocycles. The van der Waals surface area contributed by atoms with Crippen molar-refractivity contribution in [2.45, 2.75) is 6.92 Å². The summed E-state index contributed by atoms with van der Waals surface area (Å²) in [5, 5.41) is 5.33. The van der Waals surface area contributed by atoms with Crippen LogP contribution in [0.2, 0.25) is 0 Å². The molecule has 0 radical (unpaired) electrons. The second kappa shape index (κ2) is 9.93. The van der Waals surface area contributed by atoms with E-state index < -0.39 is 5.97 Å². The van der Waals surface area contributed by atoms with E-state index >= 15 is 0 Å². The van der Waals surface area contributed by atoms with Crippen molar-refractivity contribution >= 4 is 17.7 Å². The summed E-state index contributed by atoms with van der Waals surface area (Å²) in [5.41, 5.74) is 0.863. The standard InChI is InChI=1S/C19H22N2O5/c1-3-25-16-7-9-17(10-8-16)26-12-11-20-19(23)21-15-6-4-5-14(13-15)18(22)24-2/h4-10,13H,3,11-12H2,1-2H3,(H2,20,21,23). The molecule has 2 aromatic carbocycles. The fourth-order valence-electron chi connectivity index (χ4n) is 2.15. The summed E-state index contributed by atoms with van der Waals surface area (Å²) in [7, 11) is 1.31. The fourth-order valence-corrected chi connectivity index (χ4v) is 2.15. The van der Waals surface area contributed by atoms with Crippen LogP contribution in [0.4, 0.5) is 10.5 Å². The van der Waals surface area contributed by atoms with Crippen molar-refractivity contribution in [1.29, 1.82) is 0 Å². The Kier molecular flexibility index (Phi) is 7.30. The van der Waals surface area contributed by atoms with Crippen molar-refractivity contribution in [1.82, 2.24) is 5.32 Å². The molecule has 2 N–H and O–H groups in total. The van der Waals surface area contributed by atoms with Crippen LogP contribution >= 0.6 is 0 Å². The Morgan fingerprint density at radius 1 is 1.00 bits per heavy atom. The molecule has 2 aromatic rings. The molecule has 0 fully saturated rings. The molecule has 2 rings (SSSR count). The Morgan fingerprint density at radius 2 is 1.69 bits per heavy atom. The van der Waals surface area contributed by atoms with E-state index in [2.05, 4.69) is 15.4 Å². The van der Waals surface area contributed by atoms with Gasteiger partial charge >= 0.3 is 12.0 Å². The third kappa shape index (κ3) is 6.01. The maximum atomic E-state index is 11.9. The van der Waals surface area contributed by atoms with Crippen molar-refractivity contribution in [2.75, 3.05) is 32.2 Å². The highest BCUT2D eigenvalue weighted by atomic mass is 16.5. The summed E-state index contributed by atoms with van der Waals surface area (Å²) in [6.45, 7) is 3.19. The zero-order valence-electron chi connectivity index (χ0n) is 14.8. The molecular weight excluding hydrogens is 336 g/mol. The van der Waals surface area contributed by atoms with E-state index in [0.29, 0.717) is 36.8 Å². The van der Waals surface area contributed by atoms with Gasteiger partial charge in [0, 0.05) is 5.69 Å². The van der Waals surface area contributed by atoms with Gasteiger partial charge in [-0.15, -0.1) is 0 Å². The molecule has 138 valence electrons. The van der Waals surface area contributed by atoms with Gasteiger partial charge in [0.25, 0.3) is 0 Å². The summed E-state index contributed by atoms with van der Waals surface area (Å²) in [4.78, 5) is 23.4. The smallest absolute Gasteiger partial charge is 0.337 e. The number of nitrogens with one attached hydrogen (secondary N) is 2. The number of hydrogen-bond donors (Lipinski definition) is 2. The van der Waals surface area contributed by atoms with Gasteiger partial charge in [0.15, 0.2) is 0 Å². The Bertz CT molecular complexity index is 731. The van der Waals surface area contributed by atoms with Gasteiger partial charge in [0.2, 0.25) is 0 Å². The first-order valence-corrected chi connectivity index (χ1v) is 8.21. The average molecular weight is 358 g/mol. The summed E-state index contributed by atoms with van der Waals surface area (Å²) in [6.07, 6.45) is 0. The summed E-state index contributed by atoms with van der Waals surface area (Å²) in [5.74, 6) is 1.02. The van der Waals surface area contributed by atoms with Crippen LogP contribution in [0, 0.1) is 0 Å². The number of rotatable bonds is 8. The maximum Gasteiger partial charge on any atom is 0.337 e. The van der Waals surface area contributed by atoms with E-state index in [0.717, 1.165) is 5.75 Å². The van der Waals surface area contributed by atoms with Crippen molar-refractivity contribution in [3.63, 3.8) is 0 Å². The first-order valence-electron chi connectivity index (χ1n) is 8.21. The molecular formula is C19H22N2O5. The number of benzene rings is 2. The van der Waals surface area contributed by atoms with Gasteiger partial charge < -0.3 is 24.8 Å². The van der Waals surface area contributed by atoms with Gasteiger partial charge in [0.05, 0.1) is 25.8 Å². The van der Waals surface area contributed by atoms with Crippen LogP contribution in [0.15, 0.2) is 48.5 Å². The number of carbonyl (C=O) groups is 2. The largest absolute Gasteiger partial charge is 0.494 e. The molecule has 0 spiro atoms. The van der Waals surface area contributed by atoms with E-state index in [1.165, 1.54) is 7.11 Å². The fraction of sp³-hybridized carbons (Fsp3) is 0.263. The van der Waals surface area contributed by atoms with Gasteiger partial charge in [-0.2, -0.15) is 0 Å². The topological polar surface area (TPSA) is 85.9 Å². The Hall–Kier alpha value is -3.22. The number of anilines is 1. The van der Waals surface area contributed by atoms with Crippen LogP contribution in [-0.4, -0.2) is 38.9 Å². The predicted molar refractivity (Wildman–Crippen MR) is 97.9 cm³/mol. The number of ether oxygens (including phenoxy) is 3. The SMILES string of the molecule is CCOc1ccc(OCCNC(=O)Nc2cccc(C(=O)OC)c2)cc1. The van der Waals surface area contributed by atoms with E-state index in [-0.39, 0.29) is 6.03 Å². The molecule has 0 saturated carbocycles. The van der Waals surface area contributed by atoms with Crippen molar-refractivity contribution in [3.05, 3.63) is 54.1 Å². The van der Waals surface area contributed by atoms with Crippen LogP contribution in [0.3, 0.4) is 0 Å². The maximum absolute atomic E-state index is 11.9. The van der Waals surface area contributed by atoms with Gasteiger partial charge in [-0.25, -0.2) is 9.59 Å². The third-order valence-electron chi connectivity index (χ3n) is 3.33. The van der Waals surface area contributed by atoms with E-state index in [1.54, 1.807) is 24.3 Å². The zero-order valence-corrected chi connectivity index (χ0v) is 14.8. The van der Waals surface area contributed by atoms with E-state index in [9.17, 15) is 9.59 Å². The Morgan fingerprint density at radius 3 is 2.35 bits per heavy atom. The van der Waals surface area contributed by atoms with Crippen LogP contribution in [0.25, 0.3) is 0 Å². The molecule has 0 aliphatic carbocycles. The molecule has 2 amide bonds. The van der Waals surface area contributed by atoms with Crippen molar-refractivity contribution in [2.24, 2.45) is 0 Å². The quantitative estimate of drug-likeness (QED) is 0.559. The number of urea groups is 1. The number of esters is 1. The highest BCUT2D eigenvalue weighted by Gasteiger charge is 2.07. The highest BCUT2D eigenvalue weighted by molar-refractivity contribution is 5.93. The number of methoxy groups -OCH3 is 1. The third-order valence-corrected chi connectivity index (χ3v) is 3.33. The minimum absolute atomic E-state index is 0.323. The summed E-state index contributed by atoms with van der Waals surface area (Å²) >= 11 is 0. The molecule has 0 heterocycles. The molecule has 0 aliphatic rings. The second-order valence-electron chi connectivity index (χ2n) is 5.21. The lowest BCUT2D eigenvalue weighted by molar-refractivity contribution is 0.0600. The molecule has 7 nitrogen and oxygen atoms in total. The molecule has 0 unspecified atom stereocenters. The molecule has 7 heteroatoms. The molecule has 0 aliphatic heterocycles. The first-order chi connectivity index (χ1) is 12.6. The van der Waals surface area contributed by atoms with Crippen LogP contribution in [-0.2, 0) is 4.74 Å². The predicted octanol–water partition coefficient (Wildman–Crippen LogP) is 3.07. The van der Waals surface area contributed by atoms with Crippen molar-refractivity contribution in [3.8, 4) is 11.5 Å². The van der Waals surface area contributed by atoms with Gasteiger partial charge in [-0.3, -0.25) is 0 Å². The highest BCUT2D eigenvalue weighted by Crippen LogP contribution is 2.17. The zero-order chi connectivity index (χ0) is 18.8. The molecule has 26 heavy (non-hydrogen) atoms. The normalized spacial score (nSPS) is 9.92. The lowest BCUT2D eigenvalue weighted by atomic mass is 10.2. The number of hydrogen-bond acceptors (Lipinski definition) is 5. The summed E-state index contributed by atoms with van der Waals surface area (Å²) in [6, 6.07) is 13.4. The molecule has 0 aromatic heterocycles. The average Bonchev–Trinajstić information content (AvgIpc) is 2.66. The first kappa shape index (κ1) is 19.1. The van der Waals surface area contributed by atoms with Crippen LogP contribution in [0.1, 0.15) is 17.3 Å². The van der Waals surface area contributed by atoms with Gasteiger partial charge in [-0.1, -0.05) is 6.07 Å². The minimum Gasteiger partial charge on any atom is -0.494 e.